The van der Waals surface area contributed by atoms with E-state index in [4.69, 9.17) is 10.5 Å². The largest absolute Gasteiger partial charge is 0.496 e. The highest BCUT2D eigenvalue weighted by Gasteiger charge is 2.28. The standard InChI is InChI=1S/C16H25BrN2O/c1-3-19(13-6-4-5-7-13)15(11-18)12-8-9-16(20-2)14(17)10-12/h8-10,13,15H,3-7,11,18H2,1-2H3. The smallest absolute Gasteiger partial charge is 0.133 e. The van der Waals surface area contributed by atoms with Crippen LogP contribution in [0.25, 0.3) is 0 Å². The van der Waals surface area contributed by atoms with Gasteiger partial charge in [-0.2, -0.15) is 0 Å². The van der Waals surface area contributed by atoms with Crippen molar-refractivity contribution in [3.63, 3.8) is 0 Å². The van der Waals surface area contributed by atoms with E-state index in [0.29, 0.717) is 18.6 Å². The van der Waals surface area contributed by atoms with Crippen molar-refractivity contribution in [3.05, 3.63) is 28.2 Å². The molecule has 1 aromatic rings. The normalized spacial score (nSPS) is 17.6. The molecule has 0 radical (unpaired) electrons. The molecule has 1 aliphatic carbocycles. The van der Waals surface area contributed by atoms with E-state index in [1.807, 2.05) is 6.07 Å². The van der Waals surface area contributed by atoms with Crippen LogP contribution in [-0.4, -0.2) is 31.1 Å². The van der Waals surface area contributed by atoms with E-state index in [2.05, 4.69) is 39.9 Å². The first-order chi connectivity index (χ1) is 9.71. The summed E-state index contributed by atoms with van der Waals surface area (Å²) in [5, 5.41) is 0. The lowest BCUT2D eigenvalue weighted by Crippen LogP contribution is -2.40. The molecule has 2 N–H and O–H groups in total. The number of ether oxygens (including phenoxy) is 1. The Bertz CT molecular complexity index is 432. The number of methoxy groups -OCH3 is 1. The second kappa shape index (κ2) is 7.43. The summed E-state index contributed by atoms with van der Waals surface area (Å²) in [6.07, 6.45) is 5.32. The van der Waals surface area contributed by atoms with Crippen molar-refractivity contribution in [2.45, 2.75) is 44.7 Å². The fraction of sp³-hybridized carbons (Fsp3) is 0.625. The van der Waals surface area contributed by atoms with Crippen LogP contribution < -0.4 is 10.5 Å². The lowest BCUT2D eigenvalue weighted by atomic mass is 10.0. The number of hydrogen-bond donors (Lipinski definition) is 1. The van der Waals surface area contributed by atoms with Crippen molar-refractivity contribution in [2.24, 2.45) is 5.73 Å². The van der Waals surface area contributed by atoms with E-state index in [9.17, 15) is 0 Å². The Morgan fingerprint density at radius 3 is 2.60 bits per heavy atom. The zero-order valence-electron chi connectivity index (χ0n) is 12.4. The quantitative estimate of drug-likeness (QED) is 0.857. The number of halogens is 1. The molecule has 1 unspecified atom stereocenters. The molecule has 1 aliphatic rings. The van der Waals surface area contributed by atoms with Gasteiger partial charge in [0, 0.05) is 18.6 Å². The molecule has 0 aliphatic heterocycles. The molecule has 4 heteroatoms. The maximum atomic E-state index is 6.08. The Morgan fingerprint density at radius 2 is 2.10 bits per heavy atom. The fourth-order valence-corrected chi connectivity index (χ4v) is 3.88. The van der Waals surface area contributed by atoms with Gasteiger partial charge < -0.3 is 10.5 Å². The molecule has 112 valence electrons. The van der Waals surface area contributed by atoms with E-state index in [1.54, 1.807) is 7.11 Å². The third-order valence-corrected chi connectivity index (χ3v) is 4.96. The van der Waals surface area contributed by atoms with Crippen molar-refractivity contribution in [1.29, 1.82) is 0 Å². The van der Waals surface area contributed by atoms with Crippen molar-refractivity contribution in [2.75, 3.05) is 20.2 Å². The summed E-state index contributed by atoms with van der Waals surface area (Å²) in [6, 6.07) is 7.29. The lowest BCUT2D eigenvalue weighted by Gasteiger charge is -2.35. The Kier molecular flexibility index (Phi) is 5.87. The molecule has 1 atom stereocenters. The monoisotopic (exact) mass is 340 g/mol. The van der Waals surface area contributed by atoms with Crippen molar-refractivity contribution >= 4 is 15.9 Å². The molecule has 0 amide bonds. The molecule has 3 nitrogen and oxygen atoms in total. The minimum Gasteiger partial charge on any atom is -0.496 e. The fourth-order valence-electron chi connectivity index (χ4n) is 3.32. The Hall–Kier alpha value is -0.580. The minimum absolute atomic E-state index is 0.297. The average Bonchev–Trinajstić information content (AvgIpc) is 2.98. The third-order valence-electron chi connectivity index (χ3n) is 4.34. The third kappa shape index (κ3) is 3.35. The van der Waals surface area contributed by atoms with Crippen LogP contribution in [0.2, 0.25) is 0 Å². The summed E-state index contributed by atoms with van der Waals surface area (Å²) in [7, 11) is 1.69. The number of likely N-dealkylation sites (N-methyl/N-ethyl adjacent to an activating group) is 1. The van der Waals surface area contributed by atoms with Crippen LogP contribution in [-0.2, 0) is 0 Å². The zero-order valence-corrected chi connectivity index (χ0v) is 14.0. The van der Waals surface area contributed by atoms with E-state index in [0.717, 1.165) is 16.8 Å². The summed E-state index contributed by atoms with van der Waals surface area (Å²) in [5.74, 6) is 0.869. The van der Waals surface area contributed by atoms with Crippen LogP contribution in [0.4, 0.5) is 0 Å². The van der Waals surface area contributed by atoms with E-state index in [-0.39, 0.29) is 0 Å². The second-order valence-electron chi connectivity index (χ2n) is 5.41. The maximum absolute atomic E-state index is 6.08. The summed E-state index contributed by atoms with van der Waals surface area (Å²) >= 11 is 3.58. The van der Waals surface area contributed by atoms with Gasteiger partial charge in [-0.05, 0) is 53.0 Å². The van der Waals surface area contributed by atoms with Crippen LogP contribution in [0.3, 0.4) is 0 Å². The van der Waals surface area contributed by atoms with E-state index >= 15 is 0 Å². The van der Waals surface area contributed by atoms with Gasteiger partial charge >= 0.3 is 0 Å². The number of rotatable bonds is 6. The zero-order chi connectivity index (χ0) is 14.5. The number of benzene rings is 1. The van der Waals surface area contributed by atoms with Crippen molar-refractivity contribution in [1.82, 2.24) is 4.90 Å². The molecule has 0 saturated heterocycles. The van der Waals surface area contributed by atoms with Gasteiger partial charge in [-0.3, -0.25) is 4.90 Å². The first-order valence-electron chi connectivity index (χ1n) is 7.50. The highest BCUT2D eigenvalue weighted by molar-refractivity contribution is 9.10. The Morgan fingerprint density at radius 1 is 1.40 bits per heavy atom. The number of nitrogens with two attached hydrogens (primary N) is 1. The maximum Gasteiger partial charge on any atom is 0.133 e. The highest BCUT2D eigenvalue weighted by Crippen LogP contribution is 2.33. The summed E-state index contributed by atoms with van der Waals surface area (Å²) in [5.41, 5.74) is 7.35. The van der Waals surface area contributed by atoms with Crippen LogP contribution in [0.15, 0.2) is 22.7 Å². The molecule has 1 aromatic carbocycles. The van der Waals surface area contributed by atoms with Gasteiger partial charge in [-0.25, -0.2) is 0 Å². The highest BCUT2D eigenvalue weighted by atomic mass is 79.9. The minimum atomic E-state index is 0.297. The second-order valence-corrected chi connectivity index (χ2v) is 6.27. The van der Waals surface area contributed by atoms with Crippen molar-refractivity contribution < 1.29 is 4.74 Å². The first-order valence-corrected chi connectivity index (χ1v) is 8.29. The van der Waals surface area contributed by atoms with Gasteiger partial charge in [-0.1, -0.05) is 25.8 Å². The number of hydrogen-bond acceptors (Lipinski definition) is 3. The Balaban J connectivity index is 2.23. The van der Waals surface area contributed by atoms with Gasteiger partial charge in [-0.15, -0.1) is 0 Å². The lowest BCUT2D eigenvalue weighted by molar-refractivity contribution is 0.147. The number of nitrogens with zero attached hydrogens (tertiary/aromatic N) is 1. The summed E-state index contributed by atoms with van der Waals surface area (Å²) < 4.78 is 6.31. The van der Waals surface area contributed by atoms with E-state index < -0.39 is 0 Å². The molecule has 1 fully saturated rings. The van der Waals surface area contributed by atoms with Crippen LogP contribution >= 0.6 is 15.9 Å². The molecular formula is C16H25BrN2O. The molecule has 0 aromatic heterocycles. The molecule has 0 heterocycles. The van der Waals surface area contributed by atoms with Crippen LogP contribution in [0.5, 0.6) is 5.75 Å². The van der Waals surface area contributed by atoms with Crippen LogP contribution in [0.1, 0.15) is 44.2 Å². The van der Waals surface area contributed by atoms with E-state index in [1.165, 1.54) is 31.2 Å². The average molecular weight is 341 g/mol. The molecule has 0 spiro atoms. The predicted molar refractivity (Wildman–Crippen MR) is 87.1 cm³/mol. The Labute approximate surface area is 130 Å². The SMILES string of the molecule is CCN(C1CCCC1)C(CN)c1ccc(OC)c(Br)c1. The molecular weight excluding hydrogens is 316 g/mol. The molecule has 20 heavy (non-hydrogen) atoms. The topological polar surface area (TPSA) is 38.5 Å². The van der Waals surface area contributed by atoms with Gasteiger partial charge in [0.15, 0.2) is 0 Å². The summed E-state index contributed by atoms with van der Waals surface area (Å²) in [6.45, 7) is 3.94. The predicted octanol–water partition coefficient (Wildman–Crippen LogP) is 3.72. The van der Waals surface area contributed by atoms with Crippen LogP contribution in [0, 0.1) is 0 Å². The van der Waals surface area contributed by atoms with Gasteiger partial charge in [0.05, 0.1) is 11.6 Å². The van der Waals surface area contributed by atoms with Gasteiger partial charge in [0.25, 0.3) is 0 Å². The van der Waals surface area contributed by atoms with Gasteiger partial charge in [0.1, 0.15) is 5.75 Å². The first kappa shape index (κ1) is 15.8. The molecule has 2 rings (SSSR count). The molecule has 0 bridgehead atoms. The van der Waals surface area contributed by atoms with Gasteiger partial charge in [0.2, 0.25) is 0 Å². The van der Waals surface area contributed by atoms with Crippen molar-refractivity contribution in [3.8, 4) is 5.75 Å². The summed E-state index contributed by atoms with van der Waals surface area (Å²) in [4.78, 5) is 2.57. The molecule has 1 saturated carbocycles.